The number of benzene rings is 2. The van der Waals surface area contributed by atoms with Crippen LogP contribution in [-0.4, -0.2) is 24.2 Å². The predicted molar refractivity (Wildman–Crippen MR) is 102 cm³/mol. The summed E-state index contributed by atoms with van der Waals surface area (Å²) >= 11 is 1.44. The van der Waals surface area contributed by atoms with E-state index in [0.717, 1.165) is 23.4 Å². The van der Waals surface area contributed by atoms with Crippen molar-refractivity contribution in [2.45, 2.75) is 31.1 Å². The molecule has 0 bridgehead atoms. The fourth-order valence-corrected chi connectivity index (χ4v) is 3.38. The molecule has 0 spiro atoms. The predicted octanol–water partition coefficient (Wildman–Crippen LogP) is 4.52. The summed E-state index contributed by atoms with van der Waals surface area (Å²) in [6.45, 7) is 2.25. The van der Waals surface area contributed by atoms with Crippen molar-refractivity contribution in [3.8, 4) is 11.5 Å². The van der Waals surface area contributed by atoms with Crippen molar-refractivity contribution < 1.29 is 19.1 Å². The van der Waals surface area contributed by atoms with Gasteiger partial charge in [-0.05, 0) is 42.8 Å². The van der Waals surface area contributed by atoms with Crippen LogP contribution in [0.2, 0.25) is 0 Å². The monoisotopic (exact) mass is 371 g/mol. The zero-order valence-electron chi connectivity index (χ0n) is 14.6. The number of carbonyl (C=O) groups is 2. The number of rotatable bonds is 8. The van der Waals surface area contributed by atoms with Gasteiger partial charge < -0.3 is 14.8 Å². The third-order valence-corrected chi connectivity index (χ3v) is 4.93. The molecular formula is C20H21NO4S. The van der Waals surface area contributed by atoms with E-state index in [-0.39, 0.29) is 18.5 Å². The minimum atomic E-state index is 0.0189. The molecule has 0 unspecified atom stereocenters. The van der Waals surface area contributed by atoms with E-state index < -0.39 is 0 Å². The second kappa shape index (κ2) is 8.76. The van der Waals surface area contributed by atoms with E-state index in [1.165, 1.54) is 11.8 Å². The molecule has 2 aromatic rings. The van der Waals surface area contributed by atoms with Gasteiger partial charge in [-0.3, -0.25) is 9.59 Å². The molecule has 1 heterocycles. The van der Waals surface area contributed by atoms with E-state index >= 15 is 0 Å². The number of fused-ring (bicyclic) bond motifs is 1. The summed E-state index contributed by atoms with van der Waals surface area (Å²) in [6, 6.07) is 12.8. The van der Waals surface area contributed by atoms with Crippen molar-refractivity contribution in [1.29, 1.82) is 0 Å². The highest BCUT2D eigenvalue weighted by molar-refractivity contribution is 8.00. The summed E-state index contributed by atoms with van der Waals surface area (Å²) in [4.78, 5) is 25.2. The average molecular weight is 371 g/mol. The molecule has 0 aliphatic carbocycles. The van der Waals surface area contributed by atoms with Gasteiger partial charge in [0, 0.05) is 22.6 Å². The van der Waals surface area contributed by atoms with E-state index in [1.54, 1.807) is 18.2 Å². The number of anilines is 1. The molecule has 2 aromatic carbocycles. The van der Waals surface area contributed by atoms with Crippen LogP contribution < -0.4 is 14.8 Å². The van der Waals surface area contributed by atoms with Gasteiger partial charge in [0.15, 0.2) is 17.3 Å². The Morgan fingerprint density at radius 1 is 1.12 bits per heavy atom. The van der Waals surface area contributed by atoms with Crippen LogP contribution in [0, 0.1) is 0 Å². The van der Waals surface area contributed by atoms with Crippen molar-refractivity contribution >= 4 is 29.1 Å². The number of hydrogen-bond acceptors (Lipinski definition) is 5. The van der Waals surface area contributed by atoms with Crippen molar-refractivity contribution in [2.75, 3.05) is 17.9 Å². The van der Waals surface area contributed by atoms with Crippen LogP contribution in [-0.2, 0) is 4.79 Å². The summed E-state index contributed by atoms with van der Waals surface area (Å²) in [5.74, 6) is 1.63. The minimum Gasteiger partial charge on any atom is -0.454 e. The lowest BCUT2D eigenvalue weighted by atomic mass is 10.1. The largest absolute Gasteiger partial charge is 0.454 e. The molecule has 0 aromatic heterocycles. The summed E-state index contributed by atoms with van der Waals surface area (Å²) in [6.07, 6.45) is 2.39. The van der Waals surface area contributed by atoms with Gasteiger partial charge in [0.1, 0.15) is 0 Å². The average Bonchev–Trinajstić information content (AvgIpc) is 3.12. The summed E-state index contributed by atoms with van der Waals surface area (Å²) in [5, 5.41) is 2.90. The lowest BCUT2D eigenvalue weighted by molar-refractivity contribution is -0.116. The van der Waals surface area contributed by atoms with Gasteiger partial charge in [0.2, 0.25) is 12.7 Å². The second-order valence-electron chi connectivity index (χ2n) is 5.96. The first-order valence-electron chi connectivity index (χ1n) is 8.61. The summed E-state index contributed by atoms with van der Waals surface area (Å²) < 4.78 is 10.6. The van der Waals surface area contributed by atoms with E-state index in [2.05, 4.69) is 12.2 Å². The Kier molecular flexibility index (Phi) is 6.17. The first-order chi connectivity index (χ1) is 12.7. The first kappa shape index (κ1) is 18.3. The molecule has 6 heteroatoms. The fourth-order valence-electron chi connectivity index (χ4n) is 2.53. The summed E-state index contributed by atoms with van der Waals surface area (Å²) in [5.41, 5.74) is 1.36. The molecule has 0 radical (unpaired) electrons. The maximum Gasteiger partial charge on any atom is 0.231 e. The first-order valence-corrected chi connectivity index (χ1v) is 9.60. The second-order valence-corrected chi connectivity index (χ2v) is 7.01. The standard InChI is InChI=1S/C20H21NO4S/c1-2-3-7-20(23)21-15-5-4-6-16(11-15)26-12-17(22)14-8-9-18-19(10-14)25-13-24-18/h4-6,8-11H,2-3,7,12-13H2,1H3,(H,21,23). The topological polar surface area (TPSA) is 64.6 Å². The van der Waals surface area contributed by atoms with Gasteiger partial charge in [-0.15, -0.1) is 11.8 Å². The van der Waals surface area contributed by atoms with Gasteiger partial charge in [-0.2, -0.15) is 0 Å². The Hall–Kier alpha value is -2.47. The zero-order chi connectivity index (χ0) is 18.4. The van der Waals surface area contributed by atoms with Gasteiger partial charge >= 0.3 is 0 Å². The van der Waals surface area contributed by atoms with Gasteiger partial charge in [0.05, 0.1) is 5.75 Å². The van der Waals surface area contributed by atoms with Crippen molar-refractivity contribution in [2.24, 2.45) is 0 Å². The highest BCUT2D eigenvalue weighted by atomic mass is 32.2. The molecule has 1 N–H and O–H groups in total. The van der Waals surface area contributed by atoms with Crippen molar-refractivity contribution in [3.63, 3.8) is 0 Å². The number of amides is 1. The highest BCUT2D eigenvalue weighted by Crippen LogP contribution is 2.33. The SMILES string of the molecule is CCCCC(=O)Nc1cccc(SCC(=O)c2ccc3c(c2)OCO3)c1. The number of ether oxygens (including phenoxy) is 2. The summed E-state index contributed by atoms with van der Waals surface area (Å²) in [7, 11) is 0. The van der Waals surface area contributed by atoms with E-state index in [9.17, 15) is 9.59 Å². The van der Waals surface area contributed by atoms with Crippen LogP contribution >= 0.6 is 11.8 Å². The minimum absolute atomic E-state index is 0.0189. The molecule has 0 saturated heterocycles. The van der Waals surface area contributed by atoms with Crippen LogP contribution in [0.3, 0.4) is 0 Å². The molecule has 0 saturated carbocycles. The third-order valence-electron chi connectivity index (χ3n) is 3.94. The number of unbranched alkanes of at least 4 members (excludes halogenated alkanes) is 1. The van der Waals surface area contributed by atoms with Gasteiger partial charge in [-0.1, -0.05) is 19.4 Å². The molecule has 0 atom stereocenters. The molecule has 5 nitrogen and oxygen atoms in total. The lowest BCUT2D eigenvalue weighted by Gasteiger charge is -2.07. The number of thioether (sulfide) groups is 1. The van der Waals surface area contributed by atoms with Crippen LogP contribution in [0.5, 0.6) is 11.5 Å². The smallest absolute Gasteiger partial charge is 0.231 e. The third kappa shape index (κ3) is 4.79. The number of carbonyl (C=O) groups excluding carboxylic acids is 2. The number of hydrogen-bond donors (Lipinski definition) is 1. The van der Waals surface area contributed by atoms with Crippen molar-refractivity contribution in [1.82, 2.24) is 0 Å². The molecule has 0 fully saturated rings. The quantitative estimate of drug-likeness (QED) is 0.546. The Morgan fingerprint density at radius 3 is 2.81 bits per heavy atom. The van der Waals surface area contributed by atoms with Crippen LogP contribution in [0.15, 0.2) is 47.4 Å². The fraction of sp³-hybridized carbons (Fsp3) is 0.300. The van der Waals surface area contributed by atoms with Crippen LogP contribution in [0.25, 0.3) is 0 Å². The molecule has 26 heavy (non-hydrogen) atoms. The van der Waals surface area contributed by atoms with E-state index in [4.69, 9.17) is 9.47 Å². The Morgan fingerprint density at radius 2 is 1.96 bits per heavy atom. The highest BCUT2D eigenvalue weighted by Gasteiger charge is 2.16. The Bertz CT molecular complexity index is 806. The normalized spacial score (nSPS) is 12.0. The van der Waals surface area contributed by atoms with Gasteiger partial charge in [-0.25, -0.2) is 0 Å². The zero-order valence-corrected chi connectivity index (χ0v) is 15.4. The molecular weight excluding hydrogens is 350 g/mol. The molecule has 1 aliphatic rings. The Balaban J connectivity index is 1.56. The maximum absolute atomic E-state index is 12.4. The number of ketones is 1. The lowest BCUT2D eigenvalue weighted by Crippen LogP contribution is -2.10. The van der Waals surface area contributed by atoms with E-state index in [0.29, 0.717) is 29.2 Å². The molecule has 136 valence electrons. The van der Waals surface area contributed by atoms with Crippen LogP contribution in [0.1, 0.15) is 36.5 Å². The molecule has 1 aliphatic heterocycles. The van der Waals surface area contributed by atoms with E-state index in [1.807, 2.05) is 24.3 Å². The van der Waals surface area contributed by atoms with Crippen molar-refractivity contribution in [3.05, 3.63) is 48.0 Å². The maximum atomic E-state index is 12.4. The van der Waals surface area contributed by atoms with Crippen LogP contribution in [0.4, 0.5) is 5.69 Å². The Labute approximate surface area is 157 Å². The van der Waals surface area contributed by atoms with Gasteiger partial charge in [0.25, 0.3) is 0 Å². The molecule has 1 amide bonds. The number of nitrogens with one attached hydrogen (secondary N) is 1. The molecule has 3 rings (SSSR count). The number of Topliss-reactive ketones (excluding diaryl/α,β-unsaturated/α-hetero) is 1.